The predicted octanol–water partition coefficient (Wildman–Crippen LogP) is 1.59. The predicted molar refractivity (Wildman–Crippen MR) is 61.4 cm³/mol. The van der Waals surface area contributed by atoms with Gasteiger partial charge in [-0.25, -0.2) is 0 Å². The molecule has 0 aliphatic heterocycles. The Morgan fingerprint density at radius 2 is 2.20 bits per heavy atom. The van der Waals surface area contributed by atoms with Crippen LogP contribution >= 0.6 is 0 Å². The molecule has 1 aromatic carbocycles. The van der Waals surface area contributed by atoms with Crippen LogP contribution in [0.2, 0.25) is 0 Å². The first-order chi connectivity index (χ1) is 7.29. The monoisotopic (exact) mass is 201 g/mol. The van der Waals surface area contributed by atoms with Gasteiger partial charge in [0.1, 0.15) is 0 Å². The van der Waals surface area contributed by atoms with Gasteiger partial charge in [0.25, 0.3) is 0 Å². The minimum atomic E-state index is 0.686. The molecule has 0 atom stereocenters. The number of hydrogen-bond acceptors (Lipinski definition) is 2. The molecule has 2 N–H and O–H groups in total. The van der Waals surface area contributed by atoms with E-state index in [-0.39, 0.29) is 0 Å². The normalized spacial score (nSPS) is 10.5. The van der Waals surface area contributed by atoms with Crippen LogP contribution in [0, 0.1) is 0 Å². The van der Waals surface area contributed by atoms with Crippen molar-refractivity contribution >= 4 is 0 Å². The van der Waals surface area contributed by atoms with Crippen molar-refractivity contribution in [2.24, 2.45) is 12.8 Å². The lowest BCUT2D eigenvalue weighted by atomic mass is 10.1. The molecule has 0 saturated heterocycles. The molecule has 0 saturated carbocycles. The number of nitrogens with zero attached hydrogens (tertiary/aromatic N) is 2. The third-order valence-electron chi connectivity index (χ3n) is 2.37. The van der Waals surface area contributed by atoms with Gasteiger partial charge in [-0.1, -0.05) is 18.2 Å². The molecule has 2 rings (SSSR count). The first-order valence-electron chi connectivity index (χ1n) is 5.08. The zero-order chi connectivity index (χ0) is 10.7. The number of benzene rings is 1. The first-order valence-corrected chi connectivity index (χ1v) is 5.08. The molecule has 0 aliphatic carbocycles. The minimum absolute atomic E-state index is 0.686. The molecular formula is C12H15N3. The fraction of sp³-hybridized carbons (Fsp3) is 0.250. The van der Waals surface area contributed by atoms with Crippen molar-refractivity contribution < 1.29 is 0 Å². The van der Waals surface area contributed by atoms with E-state index in [1.807, 2.05) is 24.0 Å². The van der Waals surface area contributed by atoms with Gasteiger partial charge in [-0.05, 0) is 30.7 Å². The van der Waals surface area contributed by atoms with E-state index in [4.69, 9.17) is 5.73 Å². The van der Waals surface area contributed by atoms with E-state index in [0.717, 1.165) is 17.7 Å². The highest BCUT2D eigenvalue weighted by Crippen LogP contribution is 2.18. The summed E-state index contributed by atoms with van der Waals surface area (Å²) >= 11 is 0. The molecule has 78 valence electrons. The van der Waals surface area contributed by atoms with Gasteiger partial charge in [-0.15, -0.1) is 0 Å². The molecule has 3 heteroatoms. The third kappa shape index (κ3) is 2.25. The van der Waals surface area contributed by atoms with Crippen LogP contribution in [0.5, 0.6) is 0 Å². The largest absolute Gasteiger partial charge is 0.330 e. The topological polar surface area (TPSA) is 43.8 Å². The maximum Gasteiger partial charge on any atom is 0.0923 e. The highest BCUT2D eigenvalue weighted by molar-refractivity contribution is 5.59. The van der Waals surface area contributed by atoms with Gasteiger partial charge in [-0.3, -0.25) is 4.68 Å². The van der Waals surface area contributed by atoms with Crippen LogP contribution in [0.1, 0.15) is 5.56 Å². The maximum atomic E-state index is 5.53. The van der Waals surface area contributed by atoms with Gasteiger partial charge >= 0.3 is 0 Å². The fourth-order valence-corrected chi connectivity index (χ4v) is 1.62. The Morgan fingerprint density at radius 3 is 2.87 bits per heavy atom. The quantitative estimate of drug-likeness (QED) is 0.819. The molecular weight excluding hydrogens is 186 g/mol. The SMILES string of the molecule is Cn1ccc(-c2cccc(CCN)c2)n1. The van der Waals surface area contributed by atoms with Crippen molar-refractivity contribution in [3.63, 3.8) is 0 Å². The van der Waals surface area contributed by atoms with Crippen LogP contribution in [0.3, 0.4) is 0 Å². The lowest BCUT2D eigenvalue weighted by molar-refractivity contribution is 0.771. The lowest BCUT2D eigenvalue weighted by Gasteiger charge is -2.01. The summed E-state index contributed by atoms with van der Waals surface area (Å²) in [6.45, 7) is 0.686. The average Bonchev–Trinajstić information content (AvgIpc) is 2.66. The smallest absolute Gasteiger partial charge is 0.0923 e. The summed E-state index contributed by atoms with van der Waals surface area (Å²) < 4.78 is 1.81. The summed E-state index contributed by atoms with van der Waals surface area (Å²) in [6, 6.07) is 10.4. The molecule has 1 aromatic heterocycles. The summed E-state index contributed by atoms with van der Waals surface area (Å²) in [5, 5.41) is 4.37. The van der Waals surface area contributed by atoms with E-state index in [1.165, 1.54) is 5.56 Å². The third-order valence-corrected chi connectivity index (χ3v) is 2.37. The molecule has 0 radical (unpaired) electrons. The van der Waals surface area contributed by atoms with Crippen LogP contribution in [0.25, 0.3) is 11.3 Å². The minimum Gasteiger partial charge on any atom is -0.330 e. The summed E-state index contributed by atoms with van der Waals surface area (Å²) in [4.78, 5) is 0. The van der Waals surface area contributed by atoms with E-state index < -0.39 is 0 Å². The van der Waals surface area contributed by atoms with Crippen molar-refractivity contribution in [3.05, 3.63) is 42.1 Å². The molecule has 0 fully saturated rings. The number of aromatic nitrogens is 2. The highest BCUT2D eigenvalue weighted by atomic mass is 15.2. The Morgan fingerprint density at radius 1 is 1.33 bits per heavy atom. The van der Waals surface area contributed by atoms with Gasteiger partial charge < -0.3 is 5.73 Å². The van der Waals surface area contributed by atoms with Gasteiger partial charge in [0.15, 0.2) is 0 Å². The Hall–Kier alpha value is -1.61. The van der Waals surface area contributed by atoms with Gasteiger partial charge in [0.2, 0.25) is 0 Å². The van der Waals surface area contributed by atoms with Gasteiger partial charge in [0.05, 0.1) is 5.69 Å². The van der Waals surface area contributed by atoms with Crippen molar-refractivity contribution in [1.29, 1.82) is 0 Å². The van der Waals surface area contributed by atoms with Crippen molar-refractivity contribution in [2.75, 3.05) is 6.54 Å². The van der Waals surface area contributed by atoms with Crippen molar-refractivity contribution in [2.45, 2.75) is 6.42 Å². The van der Waals surface area contributed by atoms with Crippen molar-refractivity contribution in [3.8, 4) is 11.3 Å². The number of aryl methyl sites for hydroxylation is 1. The first kappa shape index (κ1) is 9.93. The molecule has 2 aromatic rings. The summed E-state index contributed by atoms with van der Waals surface area (Å²) in [5.41, 5.74) is 8.96. The summed E-state index contributed by atoms with van der Waals surface area (Å²) in [5.74, 6) is 0. The van der Waals surface area contributed by atoms with Crippen LogP contribution < -0.4 is 5.73 Å². The maximum absolute atomic E-state index is 5.53. The Balaban J connectivity index is 2.32. The van der Waals surface area contributed by atoms with E-state index in [0.29, 0.717) is 6.54 Å². The lowest BCUT2D eigenvalue weighted by Crippen LogP contribution is -2.02. The second-order valence-corrected chi connectivity index (χ2v) is 3.61. The Kier molecular flexibility index (Phi) is 2.83. The van der Waals surface area contributed by atoms with Crippen molar-refractivity contribution in [1.82, 2.24) is 9.78 Å². The summed E-state index contributed by atoms with van der Waals surface area (Å²) in [6.07, 6.45) is 2.87. The van der Waals surface area contributed by atoms with E-state index in [9.17, 15) is 0 Å². The standard InChI is InChI=1S/C12H15N3/c1-15-8-6-12(14-15)11-4-2-3-10(9-11)5-7-13/h2-4,6,8-9H,5,7,13H2,1H3. The Labute approximate surface area is 89.5 Å². The second kappa shape index (κ2) is 4.28. The highest BCUT2D eigenvalue weighted by Gasteiger charge is 2.01. The average molecular weight is 201 g/mol. The van der Waals surface area contributed by atoms with Crippen LogP contribution in [0.4, 0.5) is 0 Å². The Bertz CT molecular complexity index is 446. The molecule has 0 aliphatic rings. The number of rotatable bonds is 3. The van der Waals surface area contributed by atoms with Gasteiger partial charge in [-0.2, -0.15) is 5.10 Å². The van der Waals surface area contributed by atoms with Crippen LogP contribution in [-0.4, -0.2) is 16.3 Å². The summed E-state index contributed by atoms with van der Waals surface area (Å²) in [7, 11) is 1.92. The number of nitrogens with two attached hydrogens (primary N) is 1. The number of hydrogen-bond donors (Lipinski definition) is 1. The van der Waals surface area contributed by atoms with Crippen LogP contribution in [-0.2, 0) is 13.5 Å². The molecule has 15 heavy (non-hydrogen) atoms. The van der Waals surface area contributed by atoms with E-state index in [2.05, 4.69) is 29.4 Å². The van der Waals surface area contributed by atoms with Crippen LogP contribution in [0.15, 0.2) is 36.5 Å². The van der Waals surface area contributed by atoms with E-state index >= 15 is 0 Å². The molecule has 0 unspecified atom stereocenters. The molecule has 0 bridgehead atoms. The zero-order valence-electron chi connectivity index (χ0n) is 8.85. The van der Waals surface area contributed by atoms with Gasteiger partial charge in [0, 0.05) is 18.8 Å². The zero-order valence-corrected chi connectivity index (χ0v) is 8.85. The fourth-order valence-electron chi connectivity index (χ4n) is 1.62. The molecule has 1 heterocycles. The second-order valence-electron chi connectivity index (χ2n) is 3.61. The molecule has 0 amide bonds. The molecule has 0 spiro atoms. The van der Waals surface area contributed by atoms with E-state index in [1.54, 1.807) is 0 Å². The molecule has 3 nitrogen and oxygen atoms in total.